The van der Waals surface area contributed by atoms with E-state index in [1.165, 1.54) is 49.4 Å². The van der Waals surface area contributed by atoms with Gasteiger partial charge in [-0.3, -0.25) is 0 Å². The smallest absolute Gasteiger partial charge is 0.00696 e. The van der Waals surface area contributed by atoms with Crippen LogP contribution in [0.25, 0.3) is 32.7 Å². The zero-order chi connectivity index (χ0) is 16.0. The SMILES string of the molecule is Cc1cc(C)c2ccccc2c1-c1cccc2cccc(C)c12. The maximum Gasteiger partial charge on any atom is -0.00696 e. The molecular weight excluding hydrogens is 276 g/mol. The largest absolute Gasteiger partial charge is 0.0616 e. The summed E-state index contributed by atoms with van der Waals surface area (Å²) in [7, 11) is 0. The molecule has 0 amide bonds. The zero-order valence-electron chi connectivity index (χ0n) is 13.9. The molecule has 23 heavy (non-hydrogen) atoms. The molecule has 112 valence electrons. The van der Waals surface area contributed by atoms with Crippen molar-refractivity contribution in [2.24, 2.45) is 0 Å². The summed E-state index contributed by atoms with van der Waals surface area (Å²) < 4.78 is 0. The lowest BCUT2D eigenvalue weighted by Crippen LogP contribution is -1.91. The van der Waals surface area contributed by atoms with E-state index in [0.717, 1.165) is 0 Å². The third kappa shape index (κ3) is 2.14. The van der Waals surface area contributed by atoms with E-state index in [4.69, 9.17) is 0 Å². The Bertz CT molecular complexity index is 1030. The highest BCUT2D eigenvalue weighted by atomic mass is 14.2. The second-order valence-electron chi connectivity index (χ2n) is 6.41. The molecule has 0 saturated carbocycles. The first-order valence-electron chi connectivity index (χ1n) is 8.14. The summed E-state index contributed by atoms with van der Waals surface area (Å²) in [6, 6.07) is 24.3. The summed E-state index contributed by atoms with van der Waals surface area (Å²) in [6.07, 6.45) is 0. The van der Waals surface area contributed by atoms with E-state index in [0.29, 0.717) is 0 Å². The molecule has 0 fully saturated rings. The third-order valence-corrected chi connectivity index (χ3v) is 4.83. The van der Waals surface area contributed by atoms with Crippen molar-refractivity contribution in [2.45, 2.75) is 20.8 Å². The van der Waals surface area contributed by atoms with Gasteiger partial charge in [0, 0.05) is 0 Å². The molecule has 0 spiro atoms. The Labute approximate surface area is 137 Å². The van der Waals surface area contributed by atoms with Crippen molar-refractivity contribution in [1.29, 1.82) is 0 Å². The van der Waals surface area contributed by atoms with Gasteiger partial charge in [-0.2, -0.15) is 0 Å². The van der Waals surface area contributed by atoms with Gasteiger partial charge in [-0.05, 0) is 70.1 Å². The number of hydrogen-bond donors (Lipinski definition) is 0. The van der Waals surface area contributed by atoms with Crippen molar-refractivity contribution < 1.29 is 0 Å². The van der Waals surface area contributed by atoms with Crippen LogP contribution in [0.15, 0.2) is 66.7 Å². The monoisotopic (exact) mass is 296 g/mol. The summed E-state index contributed by atoms with van der Waals surface area (Å²) in [5.74, 6) is 0. The Morgan fingerprint density at radius 3 is 2.04 bits per heavy atom. The van der Waals surface area contributed by atoms with Crippen molar-refractivity contribution in [3.8, 4) is 11.1 Å². The van der Waals surface area contributed by atoms with Crippen LogP contribution >= 0.6 is 0 Å². The minimum Gasteiger partial charge on any atom is -0.0616 e. The first kappa shape index (κ1) is 14.0. The molecule has 0 radical (unpaired) electrons. The number of benzene rings is 4. The highest BCUT2D eigenvalue weighted by molar-refractivity contribution is 6.08. The molecule has 0 bridgehead atoms. The first-order valence-corrected chi connectivity index (χ1v) is 8.14. The lowest BCUT2D eigenvalue weighted by atomic mass is 9.88. The fourth-order valence-electron chi connectivity index (χ4n) is 3.83. The van der Waals surface area contributed by atoms with Gasteiger partial charge >= 0.3 is 0 Å². The van der Waals surface area contributed by atoms with Gasteiger partial charge in [-0.15, -0.1) is 0 Å². The van der Waals surface area contributed by atoms with Crippen LogP contribution in [0.2, 0.25) is 0 Å². The summed E-state index contributed by atoms with van der Waals surface area (Å²) in [6.45, 7) is 6.64. The molecule has 4 aromatic rings. The van der Waals surface area contributed by atoms with Gasteiger partial charge in [0.25, 0.3) is 0 Å². The minimum atomic E-state index is 1.31. The van der Waals surface area contributed by atoms with E-state index < -0.39 is 0 Å². The molecule has 4 rings (SSSR count). The van der Waals surface area contributed by atoms with Gasteiger partial charge in [0.1, 0.15) is 0 Å². The predicted molar refractivity (Wildman–Crippen MR) is 101 cm³/mol. The fourth-order valence-corrected chi connectivity index (χ4v) is 3.83. The van der Waals surface area contributed by atoms with Crippen LogP contribution in [0.1, 0.15) is 16.7 Å². The standard InChI is InChI=1S/C23H20/c1-15-8-6-9-18-10-7-13-21(22(15)18)23-17(3)14-16(2)19-11-4-5-12-20(19)23/h4-14H,1-3H3. The molecule has 0 atom stereocenters. The third-order valence-electron chi connectivity index (χ3n) is 4.83. The topological polar surface area (TPSA) is 0 Å². The number of aryl methyl sites for hydroxylation is 3. The van der Waals surface area contributed by atoms with E-state index >= 15 is 0 Å². The maximum atomic E-state index is 2.31. The lowest BCUT2D eigenvalue weighted by molar-refractivity contribution is 1.42. The summed E-state index contributed by atoms with van der Waals surface area (Å²) in [5.41, 5.74) is 6.73. The average Bonchev–Trinajstić information content (AvgIpc) is 2.55. The molecule has 0 nitrogen and oxygen atoms in total. The van der Waals surface area contributed by atoms with Crippen LogP contribution in [0, 0.1) is 20.8 Å². The van der Waals surface area contributed by atoms with Crippen molar-refractivity contribution in [3.05, 3.63) is 83.4 Å². The Balaban J connectivity index is 2.20. The first-order chi connectivity index (χ1) is 11.2. The van der Waals surface area contributed by atoms with Gasteiger partial charge in [0.05, 0.1) is 0 Å². The molecule has 0 heteroatoms. The summed E-state index contributed by atoms with van der Waals surface area (Å²) in [5, 5.41) is 5.37. The summed E-state index contributed by atoms with van der Waals surface area (Å²) in [4.78, 5) is 0. The molecule has 0 heterocycles. The van der Waals surface area contributed by atoms with E-state index in [1.807, 2.05) is 0 Å². The number of hydrogen-bond acceptors (Lipinski definition) is 0. The Morgan fingerprint density at radius 2 is 1.26 bits per heavy atom. The van der Waals surface area contributed by atoms with Crippen LogP contribution in [0.3, 0.4) is 0 Å². The summed E-state index contributed by atoms with van der Waals surface area (Å²) >= 11 is 0. The Hall–Kier alpha value is -2.60. The van der Waals surface area contributed by atoms with E-state index in [2.05, 4.69) is 87.5 Å². The second kappa shape index (κ2) is 5.24. The van der Waals surface area contributed by atoms with Crippen LogP contribution in [0.5, 0.6) is 0 Å². The van der Waals surface area contributed by atoms with Crippen LogP contribution in [0.4, 0.5) is 0 Å². The van der Waals surface area contributed by atoms with Crippen LogP contribution < -0.4 is 0 Å². The predicted octanol–water partition coefficient (Wildman–Crippen LogP) is 6.59. The van der Waals surface area contributed by atoms with Crippen molar-refractivity contribution in [3.63, 3.8) is 0 Å². The van der Waals surface area contributed by atoms with Gasteiger partial charge in [-0.25, -0.2) is 0 Å². The molecule has 0 saturated heterocycles. The van der Waals surface area contributed by atoms with E-state index in [1.54, 1.807) is 0 Å². The molecule has 0 aliphatic rings. The molecule has 4 aromatic carbocycles. The van der Waals surface area contributed by atoms with Crippen molar-refractivity contribution in [2.75, 3.05) is 0 Å². The van der Waals surface area contributed by atoms with E-state index in [-0.39, 0.29) is 0 Å². The highest BCUT2D eigenvalue weighted by Crippen LogP contribution is 2.38. The van der Waals surface area contributed by atoms with Gasteiger partial charge in [0.15, 0.2) is 0 Å². The molecular formula is C23H20. The molecule has 0 unspecified atom stereocenters. The van der Waals surface area contributed by atoms with Crippen LogP contribution in [-0.4, -0.2) is 0 Å². The number of fused-ring (bicyclic) bond motifs is 2. The molecule has 0 aliphatic heterocycles. The molecule has 0 aromatic heterocycles. The fraction of sp³-hybridized carbons (Fsp3) is 0.130. The molecule has 0 N–H and O–H groups in total. The zero-order valence-corrected chi connectivity index (χ0v) is 13.9. The lowest BCUT2D eigenvalue weighted by Gasteiger charge is -2.16. The van der Waals surface area contributed by atoms with Gasteiger partial charge in [-0.1, -0.05) is 66.7 Å². The van der Waals surface area contributed by atoms with Crippen molar-refractivity contribution in [1.82, 2.24) is 0 Å². The number of rotatable bonds is 1. The molecule has 0 aliphatic carbocycles. The van der Waals surface area contributed by atoms with Crippen LogP contribution in [-0.2, 0) is 0 Å². The Morgan fingerprint density at radius 1 is 0.565 bits per heavy atom. The highest BCUT2D eigenvalue weighted by Gasteiger charge is 2.13. The van der Waals surface area contributed by atoms with Crippen molar-refractivity contribution >= 4 is 21.5 Å². The second-order valence-corrected chi connectivity index (χ2v) is 6.41. The quantitative estimate of drug-likeness (QED) is 0.372. The minimum absolute atomic E-state index is 1.31. The normalized spacial score (nSPS) is 11.3. The average molecular weight is 296 g/mol. The van der Waals surface area contributed by atoms with Gasteiger partial charge < -0.3 is 0 Å². The Kier molecular flexibility index (Phi) is 3.20. The van der Waals surface area contributed by atoms with Gasteiger partial charge in [0.2, 0.25) is 0 Å². The van der Waals surface area contributed by atoms with E-state index in [9.17, 15) is 0 Å². The maximum absolute atomic E-state index is 2.31.